The molecule has 1 N–H and O–H groups in total. The molecule has 1 atom stereocenters. The molecule has 106 valence electrons. The van der Waals surface area contributed by atoms with Gasteiger partial charge in [0.1, 0.15) is 17.4 Å². The van der Waals surface area contributed by atoms with Crippen LogP contribution in [0, 0.1) is 0 Å². The van der Waals surface area contributed by atoms with Crippen molar-refractivity contribution in [3.05, 3.63) is 26.9 Å². The molecule has 0 saturated carbocycles. The molecule has 1 amide bonds. The van der Waals surface area contributed by atoms with Gasteiger partial charge in [-0.2, -0.15) is 0 Å². The summed E-state index contributed by atoms with van der Waals surface area (Å²) in [7, 11) is 0. The average Bonchev–Trinajstić information content (AvgIpc) is 2.40. The molecule has 0 aliphatic heterocycles. The first-order valence-corrected chi connectivity index (χ1v) is 6.94. The van der Waals surface area contributed by atoms with Crippen LogP contribution in [0.1, 0.15) is 39.2 Å². The summed E-state index contributed by atoms with van der Waals surface area (Å²) < 4.78 is 1.17. The molecule has 19 heavy (non-hydrogen) atoms. The maximum Gasteiger partial charge on any atom is 0.274 e. The highest BCUT2D eigenvalue weighted by Crippen LogP contribution is 2.14. The van der Waals surface area contributed by atoms with Gasteiger partial charge in [-0.25, -0.2) is 4.98 Å². The number of hydrogen-bond donors (Lipinski definition) is 1. The monoisotopic (exact) mass is 305 g/mol. The van der Waals surface area contributed by atoms with E-state index in [0.717, 1.165) is 19.3 Å². The van der Waals surface area contributed by atoms with Crippen LogP contribution in [0.25, 0.3) is 0 Å². The predicted octanol–water partition coefficient (Wildman–Crippen LogP) is 2.42. The fraction of sp³-hybridized carbons (Fsp3) is 0.583. The molecular formula is C12H17Cl2N3O2. The highest BCUT2D eigenvalue weighted by molar-refractivity contribution is 6.40. The summed E-state index contributed by atoms with van der Waals surface area (Å²) in [6.45, 7) is 4.30. The third-order valence-corrected chi connectivity index (χ3v) is 3.50. The van der Waals surface area contributed by atoms with Crippen molar-refractivity contribution < 1.29 is 4.79 Å². The summed E-state index contributed by atoms with van der Waals surface area (Å²) in [6.07, 6.45) is 4.29. The SMILES string of the molecule is CCCCCNC(=O)C(C)n1cnc(Cl)c(Cl)c1=O. The lowest BCUT2D eigenvalue weighted by Gasteiger charge is -2.15. The third kappa shape index (κ3) is 4.21. The lowest BCUT2D eigenvalue weighted by molar-refractivity contribution is -0.123. The molecule has 0 saturated heterocycles. The summed E-state index contributed by atoms with van der Waals surface area (Å²) in [5.41, 5.74) is -0.516. The van der Waals surface area contributed by atoms with Gasteiger partial charge in [0.25, 0.3) is 5.56 Å². The minimum absolute atomic E-state index is 0.0570. The van der Waals surface area contributed by atoms with E-state index in [0.29, 0.717) is 6.54 Å². The molecule has 0 bridgehead atoms. The first kappa shape index (κ1) is 16.0. The molecule has 0 spiro atoms. The van der Waals surface area contributed by atoms with Crippen molar-refractivity contribution in [2.75, 3.05) is 6.54 Å². The van der Waals surface area contributed by atoms with Gasteiger partial charge in [-0.05, 0) is 13.3 Å². The Morgan fingerprint density at radius 1 is 1.47 bits per heavy atom. The van der Waals surface area contributed by atoms with Gasteiger partial charge in [0.15, 0.2) is 5.15 Å². The second-order valence-electron chi connectivity index (χ2n) is 4.24. The summed E-state index contributed by atoms with van der Waals surface area (Å²) >= 11 is 11.3. The molecule has 0 aliphatic carbocycles. The van der Waals surface area contributed by atoms with Gasteiger partial charge >= 0.3 is 0 Å². The minimum atomic E-state index is -0.670. The molecule has 1 aromatic rings. The Hall–Kier alpha value is -1.07. The molecule has 0 radical (unpaired) electrons. The highest BCUT2D eigenvalue weighted by atomic mass is 35.5. The molecule has 1 heterocycles. The van der Waals surface area contributed by atoms with Gasteiger partial charge in [-0.1, -0.05) is 43.0 Å². The van der Waals surface area contributed by atoms with Gasteiger partial charge in [-0.15, -0.1) is 0 Å². The molecule has 5 nitrogen and oxygen atoms in total. The largest absolute Gasteiger partial charge is 0.354 e. The zero-order valence-corrected chi connectivity index (χ0v) is 12.5. The molecule has 1 unspecified atom stereocenters. The van der Waals surface area contributed by atoms with Gasteiger partial charge < -0.3 is 5.32 Å². The minimum Gasteiger partial charge on any atom is -0.354 e. The van der Waals surface area contributed by atoms with Crippen molar-refractivity contribution in [3.8, 4) is 0 Å². The van der Waals surface area contributed by atoms with Crippen LogP contribution in [0.4, 0.5) is 0 Å². The van der Waals surface area contributed by atoms with E-state index in [1.165, 1.54) is 10.9 Å². The van der Waals surface area contributed by atoms with Crippen LogP contribution in [0.15, 0.2) is 11.1 Å². The average molecular weight is 306 g/mol. The van der Waals surface area contributed by atoms with Crippen molar-refractivity contribution in [2.24, 2.45) is 0 Å². The van der Waals surface area contributed by atoms with Crippen LogP contribution in [0.2, 0.25) is 10.2 Å². The summed E-state index contributed by atoms with van der Waals surface area (Å²) in [4.78, 5) is 27.5. The predicted molar refractivity (Wildman–Crippen MR) is 75.8 cm³/mol. The molecule has 0 aliphatic rings. The third-order valence-electron chi connectivity index (χ3n) is 2.78. The highest BCUT2D eigenvalue weighted by Gasteiger charge is 2.18. The van der Waals surface area contributed by atoms with Crippen molar-refractivity contribution in [2.45, 2.75) is 39.2 Å². The lowest BCUT2D eigenvalue weighted by Crippen LogP contribution is -2.36. The molecule has 1 rings (SSSR count). The molecular weight excluding hydrogens is 289 g/mol. The van der Waals surface area contributed by atoms with Crippen molar-refractivity contribution >= 4 is 29.1 Å². The maximum atomic E-state index is 11.9. The Labute approximate surface area is 121 Å². The maximum absolute atomic E-state index is 11.9. The molecule has 1 aromatic heterocycles. The number of aromatic nitrogens is 2. The van der Waals surface area contributed by atoms with Crippen molar-refractivity contribution in [1.82, 2.24) is 14.9 Å². The zero-order chi connectivity index (χ0) is 14.4. The normalized spacial score (nSPS) is 12.2. The quantitative estimate of drug-likeness (QED) is 0.648. The van der Waals surface area contributed by atoms with Crippen LogP contribution in [0.3, 0.4) is 0 Å². The van der Waals surface area contributed by atoms with E-state index >= 15 is 0 Å². The second-order valence-corrected chi connectivity index (χ2v) is 4.97. The summed E-state index contributed by atoms with van der Waals surface area (Å²) in [6, 6.07) is -0.670. The smallest absolute Gasteiger partial charge is 0.274 e. The van der Waals surface area contributed by atoms with Gasteiger partial charge in [-0.3, -0.25) is 14.2 Å². The van der Waals surface area contributed by atoms with Crippen LogP contribution < -0.4 is 10.9 Å². The zero-order valence-electron chi connectivity index (χ0n) is 10.9. The first-order valence-electron chi connectivity index (χ1n) is 6.18. The Kier molecular flexibility index (Phi) is 6.31. The van der Waals surface area contributed by atoms with Gasteiger partial charge in [0.2, 0.25) is 5.91 Å². The van der Waals surface area contributed by atoms with E-state index in [1.807, 2.05) is 0 Å². The molecule has 0 aromatic carbocycles. The summed E-state index contributed by atoms with van der Waals surface area (Å²) in [5, 5.41) is 2.55. The lowest BCUT2D eigenvalue weighted by atomic mass is 10.2. The fourth-order valence-electron chi connectivity index (χ4n) is 1.56. The number of nitrogens with zero attached hydrogens (tertiary/aromatic N) is 2. The number of halogens is 2. The van der Waals surface area contributed by atoms with Crippen molar-refractivity contribution in [3.63, 3.8) is 0 Å². The standard InChI is InChI=1S/C12H17Cl2N3O2/c1-3-4-5-6-15-11(18)8(2)17-7-16-10(14)9(13)12(17)19/h7-8H,3-6H2,1-2H3,(H,15,18). The van der Waals surface area contributed by atoms with Crippen LogP contribution in [-0.2, 0) is 4.79 Å². The summed E-state index contributed by atoms with van der Waals surface area (Å²) in [5.74, 6) is -0.238. The van der Waals surface area contributed by atoms with Gasteiger partial charge in [0.05, 0.1) is 0 Å². The van der Waals surface area contributed by atoms with E-state index in [2.05, 4.69) is 17.2 Å². The van der Waals surface area contributed by atoms with Crippen molar-refractivity contribution in [1.29, 1.82) is 0 Å². The topological polar surface area (TPSA) is 64.0 Å². The van der Waals surface area contributed by atoms with E-state index in [4.69, 9.17) is 23.2 Å². The van der Waals surface area contributed by atoms with Crippen LogP contribution in [0.5, 0.6) is 0 Å². The number of nitrogens with one attached hydrogen (secondary N) is 1. The fourth-order valence-corrected chi connectivity index (χ4v) is 1.83. The Morgan fingerprint density at radius 2 is 2.16 bits per heavy atom. The second kappa shape index (κ2) is 7.50. The Bertz CT molecular complexity index is 502. The van der Waals surface area contributed by atoms with E-state index in [1.54, 1.807) is 6.92 Å². The van der Waals surface area contributed by atoms with E-state index in [9.17, 15) is 9.59 Å². The number of amides is 1. The van der Waals surface area contributed by atoms with Gasteiger partial charge in [0, 0.05) is 6.54 Å². The number of carbonyl (C=O) groups excluding carboxylic acids is 1. The number of hydrogen-bond acceptors (Lipinski definition) is 3. The number of carbonyl (C=O) groups is 1. The molecule has 0 fully saturated rings. The Balaban J connectivity index is 2.72. The first-order chi connectivity index (χ1) is 8.99. The number of unbranched alkanes of at least 4 members (excludes halogenated alkanes) is 2. The van der Waals surface area contributed by atoms with Crippen LogP contribution >= 0.6 is 23.2 Å². The number of rotatable bonds is 6. The van der Waals surface area contributed by atoms with E-state index < -0.39 is 11.6 Å². The van der Waals surface area contributed by atoms with E-state index in [-0.39, 0.29) is 16.1 Å². The van der Waals surface area contributed by atoms with Crippen LogP contribution in [-0.4, -0.2) is 22.0 Å². The Morgan fingerprint density at radius 3 is 2.79 bits per heavy atom. The molecule has 7 heteroatoms.